The van der Waals surface area contributed by atoms with Gasteiger partial charge in [0.05, 0.1) is 35.3 Å². The van der Waals surface area contributed by atoms with Crippen molar-refractivity contribution in [1.82, 2.24) is 14.4 Å². The molecule has 0 saturated carbocycles. The maximum Gasteiger partial charge on any atom is 0.267 e. The summed E-state index contributed by atoms with van der Waals surface area (Å²) in [6.45, 7) is 8.54. The molecule has 16 heteroatoms. The maximum absolute atomic E-state index is 14.4. The highest BCUT2D eigenvalue weighted by Gasteiger charge is 2.33. The Hall–Kier alpha value is -3.21. The van der Waals surface area contributed by atoms with E-state index >= 15 is 0 Å². The molecule has 13 nitrogen and oxygen atoms in total. The number of hydrogen-bond donors (Lipinski definition) is 2. The van der Waals surface area contributed by atoms with E-state index in [1.54, 1.807) is 13.0 Å². The molecule has 2 N–H and O–H groups in total. The number of nitrogens with one attached hydrogen (secondary N) is 1. The summed E-state index contributed by atoms with van der Waals surface area (Å²) in [5.74, 6) is -0.517. The number of fused-ring (bicyclic) bond motifs is 1. The number of aliphatic hydroxyl groups is 1. The van der Waals surface area contributed by atoms with Crippen molar-refractivity contribution in [2.24, 2.45) is 5.92 Å². The molecule has 3 aromatic rings. The van der Waals surface area contributed by atoms with E-state index in [-0.39, 0.29) is 64.0 Å². The fraction of sp³-hybridized carbons (Fsp3) is 0.515. The van der Waals surface area contributed by atoms with Crippen molar-refractivity contribution in [3.63, 3.8) is 0 Å². The first-order chi connectivity index (χ1) is 23.0. The molecule has 0 spiro atoms. The van der Waals surface area contributed by atoms with Gasteiger partial charge in [0.15, 0.2) is 10.7 Å². The van der Waals surface area contributed by atoms with Gasteiger partial charge in [-0.15, -0.1) is 0 Å². The number of aliphatic hydroxyl groups excluding tert-OH is 1. The lowest BCUT2D eigenvalue weighted by atomic mass is 10.0. The molecule has 0 bridgehead atoms. The molecule has 1 aromatic heterocycles. The van der Waals surface area contributed by atoms with Gasteiger partial charge in [-0.05, 0) is 89.4 Å². The Bertz CT molecular complexity index is 1800. The number of benzene rings is 2. The molecule has 0 fully saturated rings. The number of aromatic nitrogens is 1. The Morgan fingerprint density at radius 2 is 1.80 bits per heavy atom. The lowest BCUT2D eigenvalue weighted by Crippen LogP contribution is -2.48. The van der Waals surface area contributed by atoms with E-state index in [9.17, 15) is 26.7 Å². The number of carbonyl (C=O) groups excluding carboxylic acids is 1. The van der Waals surface area contributed by atoms with E-state index in [0.29, 0.717) is 24.5 Å². The molecule has 49 heavy (non-hydrogen) atoms. The number of halogens is 1. The van der Waals surface area contributed by atoms with Crippen LogP contribution in [0.2, 0.25) is 5.02 Å². The van der Waals surface area contributed by atoms with Crippen LogP contribution in [0.5, 0.6) is 5.75 Å². The minimum absolute atomic E-state index is 0.00535. The van der Waals surface area contributed by atoms with Gasteiger partial charge < -0.3 is 24.0 Å². The van der Waals surface area contributed by atoms with Gasteiger partial charge in [0, 0.05) is 43.4 Å². The third kappa shape index (κ3) is 9.32. The Morgan fingerprint density at radius 1 is 1.10 bits per heavy atom. The predicted molar refractivity (Wildman–Crippen MR) is 185 cm³/mol. The van der Waals surface area contributed by atoms with Crippen LogP contribution in [0.15, 0.2) is 56.8 Å². The second kappa shape index (κ2) is 16.2. The molecule has 4 atom stereocenters. The fourth-order valence-corrected chi connectivity index (χ4v) is 8.34. The van der Waals surface area contributed by atoms with E-state index in [2.05, 4.69) is 9.88 Å². The van der Waals surface area contributed by atoms with E-state index in [0.717, 1.165) is 6.42 Å². The van der Waals surface area contributed by atoms with Crippen LogP contribution < -0.4 is 9.46 Å². The monoisotopic (exact) mass is 740 g/mol. The van der Waals surface area contributed by atoms with Crippen molar-refractivity contribution in [3.8, 4) is 5.75 Å². The molecule has 2 heterocycles. The molecule has 1 aliphatic rings. The largest absolute Gasteiger partial charge is 0.490 e. The van der Waals surface area contributed by atoms with Crippen molar-refractivity contribution >= 4 is 43.2 Å². The first-order valence-corrected chi connectivity index (χ1v) is 19.4. The Kier molecular flexibility index (Phi) is 12.8. The van der Waals surface area contributed by atoms with Crippen LogP contribution in [0.1, 0.15) is 61.8 Å². The summed E-state index contributed by atoms with van der Waals surface area (Å²) in [5, 5.41) is 14.4. The molecule has 0 saturated heterocycles. The third-order valence-corrected chi connectivity index (χ3v) is 12.2. The molecule has 0 radical (unpaired) electrons. The molecular weight excluding hydrogens is 696 g/mol. The predicted octanol–water partition coefficient (Wildman–Crippen LogP) is 4.86. The number of likely N-dealkylation sites (N-methyl/N-ethyl adjacent to an activating group) is 1. The molecule has 1 aliphatic heterocycles. The Morgan fingerprint density at radius 3 is 2.43 bits per heavy atom. The standard InChI is InChI=1S/C33H45ClN4O9S2/c1-21-18-38(22(2)20-39)33(40)29-17-27(36-48(41,42)32-24(4)35-47-25(32)5)12-15-30(29)46-23(3)9-7-8-16-45-31(21)19-37(6)49(43,44)28-13-10-26(34)11-14-28/h10-15,17,21-23,31,36,39H,7-9,16,18-20H2,1-6H3/t21-,22-,23-,31-/m1/s1. The third-order valence-electron chi connectivity index (χ3n) is 8.50. The van der Waals surface area contributed by atoms with E-state index in [4.69, 9.17) is 25.6 Å². The second-order valence-corrected chi connectivity index (χ2v) is 16.6. The number of ether oxygens (including phenoxy) is 2. The van der Waals surface area contributed by atoms with Crippen LogP contribution in [0.25, 0.3) is 0 Å². The summed E-state index contributed by atoms with van der Waals surface area (Å²) in [4.78, 5) is 15.9. The molecule has 0 unspecified atom stereocenters. The number of rotatable bonds is 9. The number of sulfonamides is 2. The number of aryl methyl sites for hydroxylation is 2. The average molecular weight is 741 g/mol. The van der Waals surface area contributed by atoms with Crippen molar-refractivity contribution in [2.75, 3.05) is 38.1 Å². The highest BCUT2D eigenvalue weighted by Crippen LogP contribution is 2.31. The Labute approximate surface area is 293 Å². The first kappa shape index (κ1) is 38.6. The molecule has 4 rings (SSSR count). The quantitative estimate of drug-likeness (QED) is 0.309. The van der Waals surface area contributed by atoms with Crippen LogP contribution >= 0.6 is 11.6 Å². The van der Waals surface area contributed by atoms with Crippen LogP contribution in [0.3, 0.4) is 0 Å². The summed E-state index contributed by atoms with van der Waals surface area (Å²) in [7, 11) is -6.53. The van der Waals surface area contributed by atoms with Crippen LogP contribution in [-0.4, -0.2) is 93.8 Å². The molecular formula is C33H45ClN4O9S2. The van der Waals surface area contributed by atoms with Gasteiger partial charge in [-0.1, -0.05) is 23.7 Å². The van der Waals surface area contributed by atoms with Gasteiger partial charge in [0.2, 0.25) is 10.0 Å². The lowest BCUT2D eigenvalue weighted by molar-refractivity contribution is -0.00833. The highest BCUT2D eigenvalue weighted by molar-refractivity contribution is 7.92. The van der Waals surface area contributed by atoms with Crippen molar-refractivity contribution in [3.05, 3.63) is 64.5 Å². The zero-order valence-corrected chi connectivity index (χ0v) is 30.9. The summed E-state index contributed by atoms with van der Waals surface area (Å²) < 4.78 is 74.8. The van der Waals surface area contributed by atoms with Gasteiger partial charge in [0.25, 0.3) is 15.9 Å². The van der Waals surface area contributed by atoms with Gasteiger partial charge >= 0.3 is 0 Å². The minimum atomic E-state index is -4.12. The fourth-order valence-electron chi connectivity index (χ4n) is 5.65. The van der Waals surface area contributed by atoms with Gasteiger partial charge in [0.1, 0.15) is 11.4 Å². The van der Waals surface area contributed by atoms with Gasteiger partial charge in [-0.3, -0.25) is 9.52 Å². The van der Waals surface area contributed by atoms with Crippen LogP contribution in [0.4, 0.5) is 5.69 Å². The first-order valence-electron chi connectivity index (χ1n) is 16.1. The minimum Gasteiger partial charge on any atom is -0.490 e. The van der Waals surface area contributed by atoms with Crippen LogP contribution in [-0.2, 0) is 24.8 Å². The molecule has 0 aliphatic carbocycles. The number of nitrogens with zero attached hydrogens (tertiary/aromatic N) is 3. The number of carbonyl (C=O) groups is 1. The number of anilines is 1. The lowest BCUT2D eigenvalue weighted by Gasteiger charge is -2.35. The topological polar surface area (TPSA) is 169 Å². The normalized spacial score (nSPS) is 20.7. The molecule has 2 aromatic carbocycles. The number of hydrogen-bond acceptors (Lipinski definition) is 10. The summed E-state index contributed by atoms with van der Waals surface area (Å²) >= 11 is 5.98. The average Bonchev–Trinajstić information content (AvgIpc) is 3.40. The highest BCUT2D eigenvalue weighted by atomic mass is 35.5. The van der Waals surface area contributed by atoms with Gasteiger partial charge in [-0.2, -0.15) is 4.31 Å². The number of amides is 1. The second-order valence-electron chi connectivity index (χ2n) is 12.5. The van der Waals surface area contributed by atoms with Gasteiger partial charge in [-0.25, -0.2) is 16.8 Å². The van der Waals surface area contributed by atoms with E-state index in [1.165, 1.54) is 66.5 Å². The zero-order valence-electron chi connectivity index (χ0n) is 28.5. The van der Waals surface area contributed by atoms with E-state index < -0.39 is 44.0 Å². The zero-order chi connectivity index (χ0) is 36.1. The summed E-state index contributed by atoms with van der Waals surface area (Å²) in [5.41, 5.74) is 0.400. The summed E-state index contributed by atoms with van der Waals surface area (Å²) in [6, 6.07) is 9.73. The molecule has 270 valence electrons. The smallest absolute Gasteiger partial charge is 0.267 e. The SMILES string of the molecule is Cc1noc(C)c1S(=O)(=O)Nc1ccc2c(c1)C(=O)N([C@H](C)CO)C[C@@H](C)[C@@H](CN(C)S(=O)(=O)c1ccc(Cl)cc1)OCCCC[C@@H](C)O2. The van der Waals surface area contributed by atoms with Crippen molar-refractivity contribution in [1.29, 1.82) is 0 Å². The maximum atomic E-state index is 14.4. The van der Waals surface area contributed by atoms with E-state index in [1.807, 2.05) is 13.8 Å². The van der Waals surface area contributed by atoms with Crippen molar-refractivity contribution < 1.29 is 40.7 Å². The Balaban J connectivity index is 1.69. The van der Waals surface area contributed by atoms with Crippen LogP contribution in [0, 0.1) is 19.8 Å². The molecule has 1 amide bonds. The summed E-state index contributed by atoms with van der Waals surface area (Å²) in [6.07, 6.45) is 1.16. The van der Waals surface area contributed by atoms with Crippen molar-refractivity contribution in [2.45, 2.75) is 81.9 Å².